The van der Waals surface area contributed by atoms with Crippen molar-refractivity contribution in [3.8, 4) is 0 Å². The van der Waals surface area contributed by atoms with Crippen LogP contribution in [0.4, 0.5) is 0 Å². The van der Waals surface area contributed by atoms with Gasteiger partial charge in [-0.15, -0.1) is 0 Å². The summed E-state index contributed by atoms with van der Waals surface area (Å²) in [6.45, 7) is 3.34. The van der Waals surface area contributed by atoms with E-state index in [0.717, 1.165) is 0 Å². The minimum absolute atomic E-state index is 0.0655. The standard InChI is InChI=1S/C8H14O4/c1-3-6(4-7(9)10)5(2)8(11)12/h5-6H,3-4H2,1-2H3,(H,9,10)(H,11,12). The third kappa shape index (κ3) is 3.37. The number of carboxylic acids is 2. The fourth-order valence-electron chi connectivity index (χ4n) is 1.10. The van der Waals surface area contributed by atoms with E-state index in [1.807, 2.05) is 0 Å². The van der Waals surface area contributed by atoms with E-state index < -0.39 is 17.9 Å². The second-order valence-corrected chi connectivity index (χ2v) is 2.89. The lowest BCUT2D eigenvalue weighted by Gasteiger charge is -2.16. The van der Waals surface area contributed by atoms with Gasteiger partial charge in [0, 0.05) is 6.42 Å². The van der Waals surface area contributed by atoms with Gasteiger partial charge in [-0.3, -0.25) is 9.59 Å². The molecule has 0 rings (SSSR count). The molecule has 4 nitrogen and oxygen atoms in total. The monoisotopic (exact) mass is 174 g/mol. The molecule has 0 aromatic carbocycles. The topological polar surface area (TPSA) is 74.6 Å². The van der Waals surface area contributed by atoms with Gasteiger partial charge in [0.1, 0.15) is 0 Å². The Labute approximate surface area is 71.2 Å². The zero-order valence-electron chi connectivity index (χ0n) is 7.28. The van der Waals surface area contributed by atoms with Crippen molar-refractivity contribution in [1.82, 2.24) is 0 Å². The quantitative estimate of drug-likeness (QED) is 0.656. The van der Waals surface area contributed by atoms with Crippen LogP contribution in [0.15, 0.2) is 0 Å². The van der Waals surface area contributed by atoms with Crippen LogP contribution >= 0.6 is 0 Å². The Morgan fingerprint density at radius 1 is 1.33 bits per heavy atom. The third-order valence-corrected chi connectivity index (χ3v) is 2.06. The van der Waals surface area contributed by atoms with Crippen LogP contribution in [0.3, 0.4) is 0 Å². The molecular formula is C8H14O4. The fourth-order valence-corrected chi connectivity index (χ4v) is 1.10. The molecule has 2 N–H and O–H groups in total. The molecule has 4 heteroatoms. The molecule has 0 aromatic rings. The van der Waals surface area contributed by atoms with E-state index in [2.05, 4.69) is 0 Å². The van der Waals surface area contributed by atoms with Crippen molar-refractivity contribution in [2.24, 2.45) is 11.8 Å². The van der Waals surface area contributed by atoms with Crippen LogP contribution in [-0.4, -0.2) is 22.2 Å². The Morgan fingerprint density at radius 2 is 1.83 bits per heavy atom. The van der Waals surface area contributed by atoms with Crippen LogP contribution in [0.25, 0.3) is 0 Å². The average molecular weight is 174 g/mol. The van der Waals surface area contributed by atoms with Crippen molar-refractivity contribution in [2.75, 3.05) is 0 Å². The molecule has 0 spiro atoms. The maximum atomic E-state index is 10.5. The van der Waals surface area contributed by atoms with Crippen molar-refractivity contribution in [3.63, 3.8) is 0 Å². The van der Waals surface area contributed by atoms with E-state index in [0.29, 0.717) is 6.42 Å². The summed E-state index contributed by atoms with van der Waals surface area (Å²) in [5, 5.41) is 17.1. The molecule has 0 aromatic heterocycles. The lowest BCUT2D eigenvalue weighted by Crippen LogP contribution is -2.22. The van der Waals surface area contributed by atoms with E-state index in [-0.39, 0.29) is 12.3 Å². The summed E-state index contributed by atoms with van der Waals surface area (Å²) in [7, 11) is 0. The molecule has 2 atom stereocenters. The molecule has 0 amide bonds. The van der Waals surface area contributed by atoms with Crippen molar-refractivity contribution in [2.45, 2.75) is 26.7 Å². The summed E-state index contributed by atoms with van der Waals surface area (Å²) < 4.78 is 0. The maximum absolute atomic E-state index is 10.5. The fraction of sp³-hybridized carbons (Fsp3) is 0.750. The number of carbonyl (C=O) groups is 2. The van der Waals surface area contributed by atoms with Crippen LogP contribution in [0, 0.1) is 11.8 Å². The molecule has 0 bridgehead atoms. The lowest BCUT2D eigenvalue weighted by atomic mass is 9.89. The van der Waals surface area contributed by atoms with Gasteiger partial charge in [-0.2, -0.15) is 0 Å². The van der Waals surface area contributed by atoms with Crippen LogP contribution in [0.5, 0.6) is 0 Å². The van der Waals surface area contributed by atoms with Crippen LogP contribution in [0.2, 0.25) is 0 Å². The Bertz CT molecular complexity index is 176. The lowest BCUT2D eigenvalue weighted by molar-refractivity contribution is -0.144. The molecule has 0 aliphatic carbocycles. The van der Waals surface area contributed by atoms with Gasteiger partial charge < -0.3 is 10.2 Å². The molecule has 0 heterocycles. The van der Waals surface area contributed by atoms with Crippen molar-refractivity contribution < 1.29 is 19.8 Å². The molecule has 70 valence electrons. The van der Waals surface area contributed by atoms with E-state index in [1.165, 1.54) is 0 Å². The first-order valence-corrected chi connectivity index (χ1v) is 3.93. The minimum Gasteiger partial charge on any atom is -0.481 e. The number of aliphatic carboxylic acids is 2. The first-order chi connectivity index (χ1) is 5.49. The highest BCUT2D eigenvalue weighted by molar-refractivity contribution is 5.72. The van der Waals surface area contributed by atoms with Gasteiger partial charge in [0.25, 0.3) is 0 Å². The van der Waals surface area contributed by atoms with Crippen molar-refractivity contribution >= 4 is 11.9 Å². The molecule has 0 saturated carbocycles. The Morgan fingerprint density at radius 3 is 2.08 bits per heavy atom. The van der Waals surface area contributed by atoms with Crippen LogP contribution in [0.1, 0.15) is 26.7 Å². The number of carboxylic acid groups (broad SMARTS) is 2. The predicted molar refractivity (Wildman–Crippen MR) is 42.8 cm³/mol. The van der Waals surface area contributed by atoms with E-state index in [1.54, 1.807) is 13.8 Å². The van der Waals surface area contributed by atoms with Gasteiger partial charge >= 0.3 is 11.9 Å². The first-order valence-electron chi connectivity index (χ1n) is 3.93. The second kappa shape index (κ2) is 4.74. The van der Waals surface area contributed by atoms with E-state index in [9.17, 15) is 9.59 Å². The van der Waals surface area contributed by atoms with Gasteiger partial charge in [0.15, 0.2) is 0 Å². The van der Waals surface area contributed by atoms with Gasteiger partial charge in [-0.25, -0.2) is 0 Å². The molecular weight excluding hydrogens is 160 g/mol. The highest BCUT2D eigenvalue weighted by atomic mass is 16.4. The number of hydrogen-bond acceptors (Lipinski definition) is 2. The zero-order chi connectivity index (χ0) is 9.72. The third-order valence-electron chi connectivity index (χ3n) is 2.06. The smallest absolute Gasteiger partial charge is 0.306 e. The number of rotatable bonds is 5. The Hall–Kier alpha value is -1.06. The van der Waals surface area contributed by atoms with Crippen molar-refractivity contribution in [1.29, 1.82) is 0 Å². The molecule has 12 heavy (non-hydrogen) atoms. The summed E-state index contributed by atoms with van der Waals surface area (Å²) in [6.07, 6.45) is 0.518. The largest absolute Gasteiger partial charge is 0.481 e. The summed E-state index contributed by atoms with van der Waals surface area (Å²) in [5.41, 5.74) is 0. The summed E-state index contributed by atoms with van der Waals surface area (Å²) >= 11 is 0. The predicted octanol–water partition coefficient (Wildman–Crippen LogP) is 1.21. The molecule has 0 aliphatic heterocycles. The van der Waals surface area contributed by atoms with Crippen LogP contribution in [-0.2, 0) is 9.59 Å². The summed E-state index contributed by atoms with van der Waals surface area (Å²) in [5.74, 6) is -2.70. The van der Waals surface area contributed by atoms with Crippen molar-refractivity contribution in [3.05, 3.63) is 0 Å². The summed E-state index contributed by atoms with van der Waals surface area (Å²) in [4.78, 5) is 20.8. The van der Waals surface area contributed by atoms with E-state index >= 15 is 0 Å². The van der Waals surface area contributed by atoms with E-state index in [4.69, 9.17) is 10.2 Å². The van der Waals surface area contributed by atoms with Gasteiger partial charge in [-0.1, -0.05) is 20.3 Å². The van der Waals surface area contributed by atoms with Gasteiger partial charge in [0.05, 0.1) is 5.92 Å². The second-order valence-electron chi connectivity index (χ2n) is 2.89. The average Bonchev–Trinajstić information content (AvgIpc) is 1.98. The Balaban J connectivity index is 4.14. The highest BCUT2D eigenvalue weighted by Crippen LogP contribution is 2.19. The zero-order valence-corrected chi connectivity index (χ0v) is 7.28. The normalized spacial score (nSPS) is 15.2. The maximum Gasteiger partial charge on any atom is 0.306 e. The van der Waals surface area contributed by atoms with Crippen LogP contribution < -0.4 is 0 Å². The molecule has 0 saturated heterocycles. The Kier molecular flexibility index (Phi) is 4.33. The SMILES string of the molecule is CCC(CC(=O)O)C(C)C(=O)O. The highest BCUT2D eigenvalue weighted by Gasteiger charge is 2.23. The minimum atomic E-state index is -0.935. The molecule has 0 fully saturated rings. The molecule has 0 radical (unpaired) electrons. The van der Waals surface area contributed by atoms with Gasteiger partial charge in [-0.05, 0) is 5.92 Å². The summed E-state index contributed by atoms with van der Waals surface area (Å²) in [6, 6.07) is 0. The van der Waals surface area contributed by atoms with Gasteiger partial charge in [0.2, 0.25) is 0 Å². The molecule has 0 aliphatic rings. The molecule has 2 unspecified atom stereocenters. The number of hydrogen-bond donors (Lipinski definition) is 2. The first kappa shape index (κ1) is 10.9.